The predicted octanol–water partition coefficient (Wildman–Crippen LogP) is 2.20. The quantitative estimate of drug-likeness (QED) is 0.789. The molecule has 2 aliphatic carbocycles. The van der Waals surface area contributed by atoms with Crippen LogP contribution in [-0.4, -0.2) is 18.0 Å². The van der Waals surface area contributed by atoms with Gasteiger partial charge in [-0.1, -0.05) is 39.0 Å². The Morgan fingerprint density at radius 2 is 2.12 bits per heavy atom. The summed E-state index contributed by atoms with van der Waals surface area (Å²) in [6, 6.07) is 0. The molecule has 2 rings (SSSR count). The van der Waals surface area contributed by atoms with Crippen LogP contribution in [0.5, 0.6) is 0 Å². The van der Waals surface area contributed by atoms with E-state index >= 15 is 0 Å². The summed E-state index contributed by atoms with van der Waals surface area (Å²) < 4.78 is 0. The minimum absolute atomic E-state index is 0.0865. The number of rotatable bonds is 4. The highest BCUT2D eigenvalue weighted by Crippen LogP contribution is 2.31. The van der Waals surface area contributed by atoms with Gasteiger partial charge in [-0.2, -0.15) is 0 Å². The highest BCUT2D eigenvalue weighted by atomic mass is 16.2. The summed E-state index contributed by atoms with van der Waals surface area (Å²) in [6.07, 6.45) is 9.21. The Morgan fingerprint density at radius 3 is 2.71 bits per heavy atom. The second-order valence-electron chi connectivity index (χ2n) is 6.20. The molecule has 0 aliphatic heterocycles. The van der Waals surface area contributed by atoms with Gasteiger partial charge in [0, 0.05) is 6.54 Å². The van der Waals surface area contributed by atoms with Crippen LogP contribution in [0.25, 0.3) is 0 Å². The standard InChI is InChI=1S/C14H26N2O/c1-11-4-3-8-14(15,10-11)13(17)16-9-7-12-5-2-6-12/h11-12H,2-10,15H2,1H3,(H,16,17). The van der Waals surface area contributed by atoms with Crippen LogP contribution in [0.4, 0.5) is 0 Å². The molecule has 0 radical (unpaired) electrons. The Kier molecular flexibility index (Phi) is 4.08. The predicted molar refractivity (Wildman–Crippen MR) is 69.5 cm³/mol. The third-order valence-electron chi connectivity index (χ3n) is 4.55. The van der Waals surface area contributed by atoms with Crippen molar-refractivity contribution in [1.29, 1.82) is 0 Å². The SMILES string of the molecule is CC1CCCC(N)(C(=O)NCCC2CCC2)C1. The van der Waals surface area contributed by atoms with Gasteiger partial charge in [-0.25, -0.2) is 0 Å². The summed E-state index contributed by atoms with van der Waals surface area (Å²) in [5, 5.41) is 3.05. The van der Waals surface area contributed by atoms with E-state index in [2.05, 4.69) is 12.2 Å². The Morgan fingerprint density at radius 1 is 1.35 bits per heavy atom. The summed E-state index contributed by atoms with van der Waals surface area (Å²) in [4.78, 5) is 12.1. The third kappa shape index (κ3) is 3.21. The van der Waals surface area contributed by atoms with Crippen LogP contribution >= 0.6 is 0 Å². The number of nitrogens with one attached hydrogen (secondary N) is 1. The van der Waals surface area contributed by atoms with Crippen molar-refractivity contribution < 1.29 is 4.79 Å². The summed E-state index contributed by atoms with van der Waals surface area (Å²) in [5.41, 5.74) is 5.66. The molecule has 2 unspecified atom stereocenters. The molecule has 3 N–H and O–H groups in total. The van der Waals surface area contributed by atoms with Crippen molar-refractivity contribution in [1.82, 2.24) is 5.32 Å². The molecule has 0 heterocycles. The van der Waals surface area contributed by atoms with Gasteiger partial charge in [0.25, 0.3) is 0 Å². The Bertz CT molecular complexity index is 275. The van der Waals surface area contributed by atoms with Crippen molar-refractivity contribution in [2.45, 2.75) is 63.8 Å². The van der Waals surface area contributed by atoms with E-state index in [-0.39, 0.29) is 5.91 Å². The van der Waals surface area contributed by atoms with Gasteiger partial charge in [-0.05, 0) is 31.1 Å². The Balaban J connectivity index is 1.73. The Labute approximate surface area is 105 Å². The normalized spacial score (nSPS) is 34.1. The maximum absolute atomic E-state index is 12.1. The monoisotopic (exact) mass is 238 g/mol. The average Bonchev–Trinajstić information content (AvgIpc) is 2.21. The van der Waals surface area contributed by atoms with Crippen LogP contribution in [0, 0.1) is 11.8 Å². The molecule has 3 nitrogen and oxygen atoms in total. The van der Waals surface area contributed by atoms with Crippen LogP contribution in [-0.2, 0) is 4.79 Å². The molecule has 2 aliphatic rings. The van der Waals surface area contributed by atoms with Gasteiger partial charge in [0.2, 0.25) is 5.91 Å². The van der Waals surface area contributed by atoms with Gasteiger partial charge < -0.3 is 11.1 Å². The third-order valence-corrected chi connectivity index (χ3v) is 4.55. The minimum Gasteiger partial charge on any atom is -0.354 e. The minimum atomic E-state index is -0.586. The lowest BCUT2D eigenvalue weighted by Crippen LogP contribution is -2.56. The first-order chi connectivity index (χ1) is 8.10. The van der Waals surface area contributed by atoms with Crippen molar-refractivity contribution in [3.05, 3.63) is 0 Å². The summed E-state index contributed by atoms with van der Waals surface area (Å²) in [5.74, 6) is 1.53. The molecule has 0 spiro atoms. The van der Waals surface area contributed by atoms with Gasteiger partial charge in [0.05, 0.1) is 5.54 Å². The molecule has 3 heteroatoms. The molecular weight excluding hydrogens is 212 g/mol. The molecule has 2 saturated carbocycles. The van der Waals surface area contributed by atoms with Crippen LogP contribution in [0.2, 0.25) is 0 Å². The Hall–Kier alpha value is -0.570. The lowest BCUT2D eigenvalue weighted by atomic mass is 9.76. The van der Waals surface area contributed by atoms with E-state index < -0.39 is 5.54 Å². The van der Waals surface area contributed by atoms with Crippen molar-refractivity contribution in [3.63, 3.8) is 0 Å². The van der Waals surface area contributed by atoms with Crippen LogP contribution in [0.1, 0.15) is 58.3 Å². The highest BCUT2D eigenvalue weighted by Gasteiger charge is 2.37. The number of carbonyl (C=O) groups is 1. The van der Waals surface area contributed by atoms with Gasteiger partial charge in [-0.15, -0.1) is 0 Å². The molecule has 2 atom stereocenters. The van der Waals surface area contributed by atoms with Crippen LogP contribution in [0.3, 0.4) is 0 Å². The van der Waals surface area contributed by atoms with E-state index in [1.54, 1.807) is 0 Å². The maximum atomic E-state index is 12.1. The van der Waals surface area contributed by atoms with E-state index in [0.717, 1.165) is 38.1 Å². The summed E-state index contributed by atoms with van der Waals surface area (Å²) >= 11 is 0. The van der Waals surface area contributed by atoms with Crippen molar-refractivity contribution in [2.24, 2.45) is 17.6 Å². The van der Waals surface area contributed by atoms with E-state index in [1.165, 1.54) is 25.7 Å². The maximum Gasteiger partial charge on any atom is 0.240 e. The summed E-state index contributed by atoms with van der Waals surface area (Å²) in [7, 11) is 0. The lowest BCUT2D eigenvalue weighted by Gasteiger charge is -2.35. The lowest BCUT2D eigenvalue weighted by molar-refractivity contribution is -0.128. The molecular formula is C14H26N2O. The molecule has 0 saturated heterocycles. The first kappa shape index (κ1) is 12.9. The molecule has 0 bridgehead atoms. The first-order valence-electron chi connectivity index (χ1n) is 7.17. The number of carbonyl (C=O) groups excluding carboxylic acids is 1. The molecule has 0 aromatic rings. The molecule has 98 valence electrons. The zero-order valence-corrected chi connectivity index (χ0v) is 11.0. The fraction of sp³-hybridized carbons (Fsp3) is 0.929. The fourth-order valence-corrected chi connectivity index (χ4v) is 3.15. The zero-order valence-electron chi connectivity index (χ0n) is 11.0. The van der Waals surface area contributed by atoms with Gasteiger partial charge in [0.15, 0.2) is 0 Å². The van der Waals surface area contributed by atoms with Crippen LogP contribution < -0.4 is 11.1 Å². The second-order valence-corrected chi connectivity index (χ2v) is 6.20. The highest BCUT2D eigenvalue weighted by molar-refractivity contribution is 5.86. The van der Waals surface area contributed by atoms with E-state index in [4.69, 9.17) is 5.73 Å². The summed E-state index contributed by atoms with van der Waals surface area (Å²) in [6.45, 7) is 3.01. The number of amides is 1. The van der Waals surface area contributed by atoms with Crippen LogP contribution in [0.15, 0.2) is 0 Å². The molecule has 2 fully saturated rings. The zero-order chi connectivity index (χ0) is 12.3. The van der Waals surface area contributed by atoms with Gasteiger partial charge in [0.1, 0.15) is 0 Å². The number of nitrogens with two attached hydrogens (primary N) is 1. The largest absolute Gasteiger partial charge is 0.354 e. The molecule has 0 aromatic heterocycles. The van der Waals surface area contributed by atoms with Crippen molar-refractivity contribution in [3.8, 4) is 0 Å². The number of hydrogen-bond donors (Lipinski definition) is 2. The fourth-order valence-electron chi connectivity index (χ4n) is 3.15. The van der Waals surface area contributed by atoms with Gasteiger partial charge >= 0.3 is 0 Å². The topological polar surface area (TPSA) is 55.1 Å². The second kappa shape index (κ2) is 5.38. The van der Waals surface area contributed by atoms with Gasteiger partial charge in [-0.3, -0.25) is 4.79 Å². The average molecular weight is 238 g/mol. The van der Waals surface area contributed by atoms with E-state index in [0.29, 0.717) is 5.92 Å². The van der Waals surface area contributed by atoms with E-state index in [1.807, 2.05) is 0 Å². The van der Waals surface area contributed by atoms with E-state index in [9.17, 15) is 4.79 Å². The molecule has 0 aromatic carbocycles. The number of hydrogen-bond acceptors (Lipinski definition) is 2. The first-order valence-corrected chi connectivity index (χ1v) is 7.17. The smallest absolute Gasteiger partial charge is 0.240 e. The van der Waals surface area contributed by atoms with Crippen molar-refractivity contribution >= 4 is 5.91 Å². The molecule has 1 amide bonds. The molecule has 17 heavy (non-hydrogen) atoms. The van der Waals surface area contributed by atoms with Crippen molar-refractivity contribution in [2.75, 3.05) is 6.54 Å².